The quantitative estimate of drug-likeness (QED) is 0.882. The Labute approximate surface area is 99.0 Å². The maximum Gasteiger partial charge on any atom is 0.435 e. The van der Waals surface area contributed by atoms with Crippen molar-refractivity contribution in [2.24, 2.45) is 5.73 Å². The Hall–Kier alpha value is -2.38. The number of alkyl halides is 3. The van der Waals surface area contributed by atoms with Gasteiger partial charge in [-0.15, -0.1) is 0 Å². The molecule has 1 amide bonds. The lowest BCUT2D eigenvalue weighted by molar-refractivity contribution is -0.141. The molecule has 94 valence electrons. The molecular weight excluding hydrogens is 249 g/mol. The molecular formula is C10H7F3N4O. The third kappa shape index (κ3) is 2.31. The van der Waals surface area contributed by atoms with Crippen LogP contribution in [0.5, 0.6) is 0 Å². The van der Waals surface area contributed by atoms with Crippen LogP contribution in [0.4, 0.5) is 13.2 Å². The molecule has 2 heterocycles. The molecule has 0 saturated heterocycles. The molecule has 18 heavy (non-hydrogen) atoms. The molecule has 0 bridgehead atoms. The highest BCUT2D eigenvalue weighted by atomic mass is 19.4. The molecule has 0 aliphatic rings. The SMILES string of the molecule is NC(=O)c1ccc(-n2ccc(C(F)(F)F)n2)cn1. The molecule has 0 atom stereocenters. The summed E-state index contributed by atoms with van der Waals surface area (Å²) in [7, 11) is 0. The van der Waals surface area contributed by atoms with E-state index >= 15 is 0 Å². The van der Waals surface area contributed by atoms with Crippen LogP contribution in [0.3, 0.4) is 0 Å². The first-order valence-electron chi connectivity index (χ1n) is 4.77. The topological polar surface area (TPSA) is 73.8 Å². The van der Waals surface area contributed by atoms with Gasteiger partial charge in [-0.05, 0) is 18.2 Å². The number of carbonyl (C=O) groups excluding carboxylic acids is 1. The van der Waals surface area contributed by atoms with Gasteiger partial charge in [-0.2, -0.15) is 18.3 Å². The predicted molar refractivity (Wildman–Crippen MR) is 54.9 cm³/mol. The fourth-order valence-corrected chi connectivity index (χ4v) is 1.29. The van der Waals surface area contributed by atoms with E-state index in [0.29, 0.717) is 5.69 Å². The second kappa shape index (κ2) is 4.13. The van der Waals surface area contributed by atoms with E-state index in [2.05, 4.69) is 10.1 Å². The van der Waals surface area contributed by atoms with Gasteiger partial charge in [-0.1, -0.05) is 0 Å². The van der Waals surface area contributed by atoms with Gasteiger partial charge in [0, 0.05) is 6.20 Å². The summed E-state index contributed by atoms with van der Waals surface area (Å²) in [5, 5.41) is 3.36. The number of rotatable bonds is 2. The van der Waals surface area contributed by atoms with Crippen molar-refractivity contribution in [2.45, 2.75) is 6.18 Å². The summed E-state index contributed by atoms with van der Waals surface area (Å²) in [6.45, 7) is 0. The summed E-state index contributed by atoms with van der Waals surface area (Å²) >= 11 is 0. The largest absolute Gasteiger partial charge is 0.435 e. The van der Waals surface area contributed by atoms with Crippen LogP contribution in [0.15, 0.2) is 30.6 Å². The van der Waals surface area contributed by atoms with Crippen LogP contribution in [0.2, 0.25) is 0 Å². The number of nitrogens with two attached hydrogens (primary N) is 1. The molecule has 0 spiro atoms. The molecule has 8 heteroatoms. The van der Waals surface area contributed by atoms with Crippen molar-refractivity contribution in [1.82, 2.24) is 14.8 Å². The highest BCUT2D eigenvalue weighted by Gasteiger charge is 2.33. The molecule has 2 rings (SSSR count). The molecule has 0 fully saturated rings. The van der Waals surface area contributed by atoms with E-state index in [9.17, 15) is 18.0 Å². The summed E-state index contributed by atoms with van der Waals surface area (Å²) in [6, 6.07) is 3.56. The summed E-state index contributed by atoms with van der Waals surface area (Å²) in [4.78, 5) is 14.5. The van der Waals surface area contributed by atoms with Gasteiger partial charge in [0.05, 0.1) is 11.9 Å². The van der Waals surface area contributed by atoms with Crippen LogP contribution in [-0.2, 0) is 6.18 Å². The van der Waals surface area contributed by atoms with Crippen molar-refractivity contribution in [1.29, 1.82) is 0 Å². The van der Waals surface area contributed by atoms with Crippen molar-refractivity contribution in [3.8, 4) is 5.69 Å². The van der Waals surface area contributed by atoms with E-state index in [-0.39, 0.29) is 5.69 Å². The minimum Gasteiger partial charge on any atom is -0.364 e. The second-order valence-electron chi connectivity index (χ2n) is 3.41. The fraction of sp³-hybridized carbons (Fsp3) is 0.100. The summed E-state index contributed by atoms with van der Waals surface area (Å²) < 4.78 is 38.0. The first kappa shape index (κ1) is 12.1. The number of nitrogens with zero attached hydrogens (tertiary/aromatic N) is 3. The van der Waals surface area contributed by atoms with Crippen LogP contribution in [0, 0.1) is 0 Å². The lowest BCUT2D eigenvalue weighted by Gasteiger charge is -2.03. The van der Waals surface area contributed by atoms with Gasteiger partial charge in [0.25, 0.3) is 5.91 Å². The zero-order valence-electron chi connectivity index (χ0n) is 8.85. The number of carbonyl (C=O) groups is 1. The highest BCUT2D eigenvalue weighted by molar-refractivity contribution is 5.90. The van der Waals surface area contributed by atoms with E-state index in [1.807, 2.05) is 0 Å². The van der Waals surface area contributed by atoms with E-state index < -0.39 is 17.8 Å². The Morgan fingerprint density at radius 1 is 1.28 bits per heavy atom. The standard InChI is InChI=1S/C10H7F3N4O/c11-10(12,13)8-3-4-17(16-8)6-1-2-7(9(14)18)15-5-6/h1-5H,(H2,14,18). The minimum absolute atomic E-state index is 0.0296. The van der Waals surface area contributed by atoms with Gasteiger partial charge < -0.3 is 5.73 Å². The lowest BCUT2D eigenvalue weighted by Crippen LogP contribution is -2.13. The number of aromatic nitrogens is 3. The van der Waals surface area contributed by atoms with Crippen LogP contribution in [0.25, 0.3) is 5.69 Å². The number of pyridine rings is 1. The summed E-state index contributed by atoms with van der Waals surface area (Å²) in [6.07, 6.45) is -2.12. The predicted octanol–water partition coefficient (Wildman–Crippen LogP) is 1.39. The molecule has 2 aromatic heterocycles. The van der Waals surface area contributed by atoms with Crippen molar-refractivity contribution in [2.75, 3.05) is 0 Å². The first-order chi connectivity index (χ1) is 8.38. The number of hydrogen-bond acceptors (Lipinski definition) is 3. The Morgan fingerprint density at radius 3 is 2.44 bits per heavy atom. The van der Waals surface area contributed by atoms with Crippen LogP contribution in [-0.4, -0.2) is 20.7 Å². The Bertz CT molecular complexity index is 574. The van der Waals surface area contributed by atoms with Gasteiger partial charge in [0.1, 0.15) is 5.69 Å². The monoisotopic (exact) mass is 256 g/mol. The lowest BCUT2D eigenvalue weighted by atomic mass is 10.3. The van der Waals surface area contributed by atoms with Crippen LogP contribution in [0.1, 0.15) is 16.2 Å². The zero-order chi connectivity index (χ0) is 13.3. The van der Waals surface area contributed by atoms with Gasteiger partial charge in [-0.3, -0.25) is 4.79 Å². The average molecular weight is 256 g/mol. The maximum absolute atomic E-state index is 12.3. The minimum atomic E-state index is -4.49. The average Bonchev–Trinajstić information content (AvgIpc) is 2.78. The molecule has 5 nitrogen and oxygen atoms in total. The van der Waals surface area contributed by atoms with E-state index in [4.69, 9.17) is 5.73 Å². The molecule has 2 N–H and O–H groups in total. The Kier molecular flexibility index (Phi) is 2.77. The molecule has 0 aliphatic heterocycles. The van der Waals surface area contributed by atoms with E-state index in [1.165, 1.54) is 18.3 Å². The third-order valence-corrected chi connectivity index (χ3v) is 2.14. The number of amides is 1. The van der Waals surface area contributed by atoms with Crippen molar-refractivity contribution < 1.29 is 18.0 Å². The molecule has 2 aromatic rings. The van der Waals surface area contributed by atoms with Crippen molar-refractivity contribution in [3.05, 3.63) is 42.0 Å². The third-order valence-electron chi connectivity index (χ3n) is 2.14. The Morgan fingerprint density at radius 2 is 2.00 bits per heavy atom. The van der Waals surface area contributed by atoms with Crippen molar-refractivity contribution >= 4 is 5.91 Å². The number of primary amides is 1. The number of hydrogen-bond donors (Lipinski definition) is 1. The Balaban J connectivity index is 2.32. The summed E-state index contributed by atoms with van der Waals surface area (Å²) in [5.74, 6) is -0.710. The second-order valence-corrected chi connectivity index (χ2v) is 3.41. The van der Waals surface area contributed by atoms with Crippen LogP contribution >= 0.6 is 0 Å². The van der Waals surface area contributed by atoms with E-state index in [1.54, 1.807) is 0 Å². The highest BCUT2D eigenvalue weighted by Crippen LogP contribution is 2.27. The maximum atomic E-state index is 12.3. The van der Waals surface area contributed by atoms with Crippen molar-refractivity contribution in [3.63, 3.8) is 0 Å². The van der Waals surface area contributed by atoms with Crippen LogP contribution < -0.4 is 5.73 Å². The summed E-state index contributed by atoms with van der Waals surface area (Å²) in [5.41, 5.74) is 4.32. The molecule has 0 aromatic carbocycles. The zero-order valence-corrected chi connectivity index (χ0v) is 8.85. The molecule has 0 unspecified atom stereocenters. The van der Waals surface area contributed by atoms with Gasteiger partial charge in [0.15, 0.2) is 5.69 Å². The van der Waals surface area contributed by atoms with Gasteiger partial charge in [-0.25, -0.2) is 9.67 Å². The normalized spacial score (nSPS) is 11.5. The number of halogens is 3. The molecule has 0 saturated carbocycles. The van der Waals surface area contributed by atoms with Gasteiger partial charge in [0.2, 0.25) is 0 Å². The molecule has 0 radical (unpaired) electrons. The fourth-order valence-electron chi connectivity index (χ4n) is 1.29. The molecule has 0 aliphatic carbocycles. The van der Waals surface area contributed by atoms with E-state index in [0.717, 1.165) is 16.9 Å². The van der Waals surface area contributed by atoms with Gasteiger partial charge >= 0.3 is 6.18 Å². The first-order valence-corrected chi connectivity index (χ1v) is 4.77. The smallest absolute Gasteiger partial charge is 0.364 e.